The second-order valence-electron chi connectivity index (χ2n) is 4.28. The molecule has 0 radical (unpaired) electrons. The van der Waals surface area contributed by atoms with Crippen molar-refractivity contribution in [2.75, 3.05) is 23.7 Å². The number of rotatable bonds is 4. The molecule has 2 nitrogen and oxygen atoms in total. The van der Waals surface area contributed by atoms with Gasteiger partial charge < -0.3 is 10.6 Å². The molecule has 0 atom stereocenters. The molecule has 0 aliphatic heterocycles. The number of nitrogen functional groups attached to an aromatic ring is 1. The summed E-state index contributed by atoms with van der Waals surface area (Å²) in [6, 6.07) is 16.5. The van der Waals surface area contributed by atoms with Gasteiger partial charge in [0.1, 0.15) is 0 Å². The zero-order chi connectivity index (χ0) is 13.0. The van der Waals surface area contributed by atoms with Crippen molar-refractivity contribution in [2.45, 2.75) is 13.8 Å². The topological polar surface area (TPSA) is 29.3 Å². The fourth-order valence-electron chi connectivity index (χ4n) is 2.28. The van der Waals surface area contributed by atoms with Crippen LogP contribution < -0.4 is 10.6 Å². The van der Waals surface area contributed by atoms with Crippen molar-refractivity contribution < 1.29 is 0 Å². The first-order valence-electron chi connectivity index (χ1n) is 6.46. The lowest BCUT2D eigenvalue weighted by Crippen LogP contribution is -2.22. The van der Waals surface area contributed by atoms with Crippen LogP contribution in [0.2, 0.25) is 0 Å². The molecule has 2 N–H and O–H groups in total. The molecule has 0 saturated heterocycles. The minimum absolute atomic E-state index is 0.831. The van der Waals surface area contributed by atoms with E-state index in [2.05, 4.69) is 49.1 Å². The lowest BCUT2D eigenvalue weighted by Gasteiger charge is -2.24. The second-order valence-corrected chi connectivity index (χ2v) is 4.28. The SMILES string of the molecule is CCN(CC)c1ccccc1-c1ccccc1N. The molecule has 2 heteroatoms. The van der Waals surface area contributed by atoms with Crippen LogP contribution in [0.3, 0.4) is 0 Å². The lowest BCUT2D eigenvalue weighted by molar-refractivity contribution is 0.867. The fraction of sp³-hybridized carbons (Fsp3) is 0.250. The van der Waals surface area contributed by atoms with Gasteiger partial charge in [-0.2, -0.15) is 0 Å². The van der Waals surface area contributed by atoms with Crippen molar-refractivity contribution in [1.82, 2.24) is 0 Å². The molecule has 0 aliphatic carbocycles. The normalized spacial score (nSPS) is 10.3. The summed E-state index contributed by atoms with van der Waals surface area (Å²) >= 11 is 0. The molecule has 0 fully saturated rings. The summed E-state index contributed by atoms with van der Waals surface area (Å²) in [6.45, 7) is 6.35. The Hall–Kier alpha value is -1.96. The van der Waals surface area contributed by atoms with Gasteiger partial charge in [0.25, 0.3) is 0 Å². The molecule has 0 aliphatic rings. The predicted molar refractivity (Wildman–Crippen MR) is 79.9 cm³/mol. The van der Waals surface area contributed by atoms with Gasteiger partial charge >= 0.3 is 0 Å². The molecular formula is C16H20N2. The van der Waals surface area contributed by atoms with Crippen molar-refractivity contribution in [1.29, 1.82) is 0 Å². The van der Waals surface area contributed by atoms with Crippen molar-refractivity contribution in [2.24, 2.45) is 0 Å². The number of hydrogen-bond donors (Lipinski definition) is 1. The Morgan fingerprint density at radius 2 is 1.39 bits per heavy atom. The molecular weight excluding hydrogens is 220 g/mol. The lowest BCUT2D eigenvalue weighted by atomic mass is 10.0. The first kappa shape index (κ1) is 12.5. The van der Waals surface area contributed by atoms with E-state index < -0.39 is 0 Å². The molecule has 0 aromatic heterocycles. The third kappa shape index (κ3) is 2.33. The molecule has 18 heavy (non-hydrogen) atoms. The molecule has 2 rings (SSSR count). The maximum absolute atomic E-state index is 6.09. The van der Waals surface area contributed by atoms with Crippen LogP contribution in [0.4, 0.5) is 11.4 Å². The zero-order valence-electron chi connectivity index (χ0n) is 11.1. The van der Waals surface area contributed by atoms with E-state index in [4.69, 9.17) is 5.73 Å². The summed E-state index contributed by atoms with van der Waals surface area (Å²) in [5.41, 5.74) is 10.5. The van der Waals surface area contributed by atoms with Gasteiger partial charge in [0.2, 0.25) is 0 Å². The third-order valence-corrected chi connectivity index (χ3v) is 3.26. The first-order chi connectivity index (χ1) is 8.77. The van der Waals surface area contributed by atoms with Crippen LogP contribution in [0, 0.1) is 0 Å². The molecule has 0 heterocycles. The predicted octanol–water partition coefficient (Wildman–Crippen LogP) is 3.78. The van der Waals surface area contributed by atoms with E-state index in [1.807, 2.05) is 18.2 Å². The van der Waals surface area contributed by atoms with Crippen molar-refractivity contribution in [3.05, 3.63) is 48.5 Å². The smallest absolute Gasteiger partial charge is 0.0446 e. The number of hydrogen-bond acceptors (Lipinski definition) is 2. The molecule has 0 unspecified atom stereocenters. The summed E-state index contributed by atoms with van der Waals surface area (Å²) in [6.07, 6.45) is 0. The van der Waals surface area contributed by atoms with Crippen LogP contribution in [0.15, 0.2) is 48.5 Å². The maximum Gasteiger partial charge on any atom is 0.0446 e. The van der Waals surface area contributed by atoms with E-state index in [0.717, 1.165) is 24.3 Å². The maximum atomic E-state index is 6.09. The number of para-hydroxylation sites is 2. The molecule has 0 amide bonds. The van der Waals surface area contributed by atoms with Crippen molar-refractivity contribution in [3.8, 4) is 11.1 Å². The van der Waals surface area contributed by atoms with Gasteiger partial charge in [-0.25, -0.2) is 0 Å². The van der Waals surface area contributed by atoms with Gasteiger partial charge in [0.15, 0.2) is 0 Å². The largest absolute Gasteiger partial charge is 0.398 e. The fourth-order valence-corrected chi connectivity index (χ4v) is 2.28. The summed E-state index contributed by atoms with van der Waals surface area (Å²) < 4.78 is 0. The minimum Gasteiger partial charge on any atom is -0.398 e. The van der Waals surface area contributed by atoms with Crippen LogP contribution in [0.5, 0.6) is 0 Å². The summed E-state index contributed by atoms with van der Waals surface area (Å²) in [4.78, 5) is 2.35. The van der Waals surface area contributed by atoms with Gasteiger partial charge in [-0.1, -0.05) is 36.4 Å². The van der Waals surface area contributed by atoms with E-state index in [1.54, 1.807) is 0 Å². The molecule has 0 bridgehead atoms. The molecule has 2 aromatic rings. The van der Waals surface area contributed by atoms with E-state index >= 15 is 0 Å². The van der Waals surface area contributed by atoms with Gasteiger partial charge in [-0.15, -0.1) is 0 Å². The third-order valence-electron chi connectivity index (χ3n) is 3.26. The summed E-state index contributed by atoms with van der Waals surface area (Å²) in [5.74, 6) is 0. The highest BCUT2D eigenvalue weighted by atomic mass is 15.1. The van der Waals surface area contributed by atoms with Gasteiger partial charge in [-0.05, 0) is 26.0 Å². The Balaban J connectivity index is 2.55. The van der Waals surface area contributed by atoms with E-state index in [1.165, 1.54) is 11.3 Å². The van der Waals surface area contributed by atoms with Crippen LogP contribution in [-0.4, -0.2) is 13.1 Å². The number of nitrogens with zero attached hydrogens (tertiary/aromatic N) is 1. The number of anilines is 2. The minimum atomic E-state index is 0.831. The summed E-state index contributed by atoms with van der Waals surface area (Å²) in [5, 5.41) is 0. The average Bonchev–Trinajstić information content (AvgIpc) is 2.41. The summed E-state index contributed by atoms with van der Waals surface area (Å²) in [7, 11) is 0. The Labute approximate surface area is 109 Å². The Morgan fingerprint density at radius 1 is 0.833 bits per heavy atom. The van der Waals surface area contributed by atoms with E-state index in [9.17, 15) is 0 Å². The van der Waals surface area contributed by atoms with Crippen LogP contribution in [-0.2, 0) is 0 Å². The van der Waals surface area contributed by atoms with Gasteiger partial charge in [-0.3, -0.25) is 0 Å². The number of benzene rings is 2. The number of nitrogens with two attached hydrogens (primary N) is 1. The van der Waals surface area contributed by atoms with Gasteiger partial charge in [0.05, 0.1) is 0 Å². The van der Waals surface area contributed by atoms with E-state index in [0.29, 0.717) is 0 Å². The highest BCUT2D eigenvalue weighted by Crippen LogP contribution is 2.33. The van der Waals surface area contributed by atoms with E-state index in [-0.39, 0.29) is 0 Å². The molecule has 2 aromatic carbocycles. The van der Waals surface area contributed by atoms with Crippen LogP contribution >= 0.6 is 0 Å². The standard InChI is InChI=1S/C16H20N2/c1-3-18(4-2)16-12-8-6-10-14(16)13-9-5-7-11-15(13)17/h5-12H,3-4,17H2,1-2H3. The van der Waals surface area contributed by atoms with Crippen LogP contribution in [0.25, 0.3) is 11.1 Å². The van der Waals surface area contributed by atoms with Crippen LogP contribution in [0.1, 0.15) is 13.8 Å². The van der Waals surface area contributed by atoms with Crippen molar-refractivity contribution >= 4 is 11.4 Å². The Kier molecular flexibility index (Phi) is 3.88. The first-order valence-corrected chi connectivity index (χ1v) is 6.46. The van der Waals surface area contributed by atoms with Gasteiger partial charge in [0, 0.05) is 35.6 Å². The molecule has 0 saturated carbocycles. The second kappa shape index (κ2) is 5.58. The monoisotopic (exact) mass is 240 g/mol. The Bertz CT molecular complexity index is 516. The Morgan fingerprint density at radius 3 is 2.00 bits per heavy atom. The average molecular weight is 240 g/mol. The quantitative estimate of drug-likeness (QED) is 0.824. The highest BCUT2D eigenvalue weighted by molar-refractivity contribution is 5.85. The molecule has 94 valence electrons. The zero-order valence-corrected chi connectivity index (χ0v) is 11.1. The van der Waals surface area contributed by atoms with Crippen molar-refractivity contribution in [3.63, 3.8) is 0 Å². The molecule has 0 spiro atoms. The highest BCUT2D eigenvalue weighted by Gasteiger charge is 2.10.